The number of aromatic amines is 1. The van der Waals surface area contributed by atoms with Gasteiger partial charge in [0.1, 0.15) is 0 Å². The summed E-state index contributed by atoms with van der Waals surface area (Å²) in [7, 11) is 0. The van der Waals surface area contributed by atoms with Gasteiger partial charge in [-0.1, -0.05) is 25.7 Å². The molecule has 1 N–H and O–H groups in total. The molecule has 1 aromatic heterocycles. The van der Waals surface area contributed by atoms with Gasteiger partial charge in [-0.3, -0.25) is 5.10 Å². The highest BCUT2D eigenvalue weighted by atomic mass is 15.1. The molecule has 0 aliphatic heterocycles. The number of H-pyrrole nitrogens is 1. The fourth-order valence-electron chi connectivity index (χ4n) is 0.837. The van der Waals surface area contributed by atoms with Crippen LogP contribution in [0.1, 0.15) is 24.6 Å². The van der Waals surface area contributed by atoms with Gasteiger partial charge in [0.15, 0.2) is 0 Å². The molecule has 1 rings (SSSR count). The van der Waals surface area contributed by atoms with Crippen LogP contribution < -0.4 is 0 Å². The Morgan fingerprint density at radius 2 is 2.55 bits per heavy atom. The smallest absolute Gasteiger partial charge is 0.0646 e. The van der Waals surface area contributed by atoms with Crippen molar-refractivity contribution in [2.75, 3.05) is 0 Å². The van der Waals surface area contributed by atoms with Crippen molar-refractivity contribution in [1.29, 1.82) is 0 Å². The van der Waals surface area contributed by atoms with E-state index in [4.69, 9.17) is 0 Å². The maximum absolute atomic E-state index is 3.90. The summed E-state index contributed by atoms with van der Waals surface area (Å²) in [6.45, 7) is 5.78. The first kappa shape index (κ1) is 7.79. The lowest BCUT2D eigenvalue weighted by Gasteiger charge is -1.87. The van der Waals surface area contributed by atoms with Crippen LogP contribution in [0, 0.1) is 0 Å². The molecule has 0 saturated carbocycles. The second-order valence-corrected chi connectivity index (χ2v) is 2.25. The zero-order chi connectivity index (χ0) is 8.10. The summed E-state index contributed by atoms with van der Waals surface area (Å²) >= 11 is 0. The van der Waals surface area contributed by atoms with Crippen molar-refractivity contribution in [1.82, 2.24) is 10.2 Å². The van der Waals surface area contributed by atoms with E-state index >= 15 is 0 Å². The van der Waals surface area contributed by atoms with Gasteiger partial charge >= 0.3 is 0 Å². The molecular weight excluding hydrogens is 136 g/mol. The molecule has 0 atom stereocenters. The molecule has 0 aromatic carbocycles. The molecule has 58 valence electrons. The Morgan fingerprint density at radius 1 is 1.73 bits per heavy atom. The molecule has 0 aliphatic carbocycles. The van der Waals surface area contributed by atoms with Crippen molar-refractivity contribution in [2.24, 2.45) is 0 Å². The number of hydrogen-bond donors (Lipinski definition) is 1. The van der Waals surface area contributed by atoms with E-state index in [1.54, 1.807) is 12.3 Å². The molecule has 0 unspecified atom stereocenters. The Bertz CT molecular complexity index is 258. The Labute approximate surface area is 66.6 Å². The Kier molecular flexibility index (Phi) is 2.66. The standard InChI is InChI=1S/C9H12N2/c1-3-5-6-9-8(4-2)7-10-11-9/h4-7H,2-3H2,1H3,(H,10,11)/b6-5-. The highest BCUT2D eigenvalue weighted by molar-refractivity contribution is 5.60. The van der Waals surface area contributed by atoms with Crippen molar-refractivity contribution in [2.45, 2.75) is 13.3 Å². The highest BCUT2D eigenvalue weighted by Gasteiger charge is 1.94. The third kappa shape index (κ3) is 1.80. The van der Waals surface area contributed by atoms with Crippen LogP contribution >= 0.6 is 0 Å². The second-order valence-electron chi connectivity index (χ2n) is 2.25. The lowest BCUT2D eigenvalue weighted by atomic mass is 10.2. The normalized spacial score (nSPS) is 10.6. The molecule has 0 amide bonds. The zero-order valence-corrected chi connectivity index (χ0v) is 6.67. The lowest BCUT2D eigenvalue weighted by Crippen LogP contribution is -1.74. The first-order valence-corrected chi connectivity index (χ1v) is 3.70. The largest absolute Gasteiger partial charge is 0.278 e. The minimum Gasteiger partial charge on any atom is -0.278 e. The summed E-state index contributed by atoms with van der Waals surface area (Å²) in [5.74, 6) is 0. The van der Waals surface area contributed by atoms with E-state index in [-0.39, 0.29) is 0 Å². The van der Waals surface area contributed by atoms with Crippen LogP contribution in [-0.4, -0.2) is 10.2 Å². The molecule has 2 nitrogen and oxygen atoms in total. The third-order valence-electron chi connectivity index (χ3n) is 1.44. The average Bonchev–Trinajstić information content (AvgIpc) is 2.47. The first-order valence-electron chi connectivity index (χ1n) is 3.70. The fourth-order valence-corrected chi connectivity index (χ4v) is 0.837. The SMILES string of the molecule is C=Cc1cn[nH]c1/C=C\CC. The maximum atomic E-state index is 3.90. The molecule has 2 heteroatoms. The number of allylic oxidation sites excluding steroid dienone is 1. The van der Waals surface area contributed by atoms with Crippen molar-refractivity contribution >= 4 is 12.2 Å². The van der Waals surface area contributed by atoms with E-state index in [0.717, 1.165) is 17.7 Å². The Hall–Kier alpha value is -1.31. The molecule has 0 radical (unpaired) electrons. The molecule has 0 bridgehead atoms. The molecule has 0 fully saturated rings. The maximum Gasteiger partial charge on any atom is 0.0646 e. The minimum atomic E-state index is 1.03. The van der Waals surface area contributed by atoms with E-state index in [2.05, 4.69) is 29.8 Å². The van der Waals surface area contributed by atoms with E-state index < -0.39 is 0 Å². The van der Waals surface area contributed by atoms with Gasteiger partial charge in [-0.25, -0.2) is 0 Å². The van der Waals surface area contributed by atoms with Gasteiger partial charge in [0, 0.05) is 5.56 Å². The van der Waals surface area contributed by atoms with Crippen LogP contribution in [0.4, 0.5) is 0 Å². The van der Waals surface area contributed by atoms with Crippen molar-refractivity contribution in [3.8, 4) is 0 Å². The predicted octanol–water partition coefficient (Wildman–Crippen LogP) is 2.48. The van der Waals surface area contributed by atoms with E-state index in [1.165, 1.54) is 0 Å². The summed E-state index contributed by atoms with van der Waals surface area (Å²) in [4.78, 5) is 0. The van der Waals surface area contributed by atoms with E-state index in [0.29, 0.717) is 0 Å². The van der Waals surface area contributed by atoms with Crippen molar-refractivity contribution in [3.63, 3.8) is 0 Å². The van der Waals surface area contributed by atoms with Crippen LogP contribution in [0.5, 0.6) is 0 Å². The van der Waals surface area contributed by atoms with Gasteiger partial charge in [-0.15, -0.1) is 0 Å². The van der Waals surface area contributed by atoms with Crippen molar-refractivity contribution < 1.29 is 0 Å². The van der Waals surface area contributed by atoms with Gasteiger partial charge in [-0.2, -0.15) is 5.10 Å². The quantitative estimate of drug-likeness (QED) is 0.700. The van der Waals surface area contributed by atoms with Gasteiger partial charge < -0.3 is 0 Å². The van der Waals surface area contributed by atoms with Gasteiger partial charge in [-0.05, 0) is 12.5 Å². The predicted molar refractivity (Wildman–Crippen MR) is 48.0 cm³/mol. The van der Waals surface area contributed by atoms with E-state index in [1.807, 2.05) is 6.08 Å². The van der Waals surface area contributed by atoms with Gasteiger partial charge in [0.05, 0.1) is 11.9 Å². The number of hydrogen-bond acceptors (Lipinski definition) is 1. The molecule has 1 heterocycles. The second kappa shape index (κ2) is 3.76. The summed E-state index contributed by atoms with van der Waals surface area (Å²) in [5, 5.41) is 6.78. The zero-order valence-electron chi connectivity index (χ0n) is 6.67. The average molecular weight is 148 g/mol. The molecule has 0 aliphatic rings. The monoisotopic (exact) mass is 148 g/mol. The fraction of sp³-hybridized carbons (Fsp3) is 0.222. The van der Waals surface area contributed by atoms with Gasteiger partial charge in [0.25, 0.3) is 0 Å². The van der Waals surface area contributed by atoms with Crippen LogP contribution in [0.3, 0.4) is 0 Å². The number of aromatic nitrogens is 2. The van der Waals surface area contributed by atoms with Gasteiger partial charge in [0.2, 0.25) is 0 Å². The Morgan fingerprint density at radius 3 is 3.18 bits per heavy atom. The number of nitrogens with one attached hydrogen (secondary N) is 1. The number of rotatable bonds is 3. The topological polar surface area (TPSA) is 28.7 Å². The lowest BCUT2D eigenvalue weighted by molar-refractivity contribution is 1.08. The third-order valence-corrected chi connectivity index (χ3v) is 1.44. The highest BCUT2D eigenvalue weighted by Crippen LogP contribution is 2.07. The van der Waals surface area contributed by atoms with E-state index in [9.17, 15) is 0 Å². The van der Waals surface area contributed by atoms with Crippen LogP contribution in [0.25, 0.3) is 12.2 Å². The minimum absolute atomic E-state index is 1.03. The summed E-state index contributed by atoms with van der Waals surface area (Å²) in [6.07, 6.45) is 8.70. The van der Waals surface area contributed by atoms with Crippen LogP contribution in [0.2, 0.25) is 0 Å². The summed E-state index contributed by atoms with van der Waals surface area (Å²) in [6, 6.07) is 0. The molecule has 11 heavy (non-hydrogen) atoms. The van der Waals surface area contributed by atoms with Crippen LogP contribution in [0.15, 0.2) is 18.9 Å². The van der Waals surface area contributed by atoms with Crippen molar-refractivity contribution in [3.05, 3.63) is 30.1 Å². The molecule has 0 spiro atoms. The summed E-state index contributed by atoms with van der Waals surface area (Å²) < 4.78 is 0. The molecule has 1 aromatic rings. The Balaban J connectivity index is 2.84. The first-order chi connectivity index (χ1) is 5.38. The summed E-state index contributed by atoms with van der Waals surface area (Å²) in [5.41, 5.74) is 2.08. The van der Waals surface area contributed by atoms with Crippen LogP contribution in [-0.2, 0) is 0 Å². The molecular formula is C9H12N2. The number of nitrogens with zero attached hydrogens (tertiary/aromatic N) is 1. The molecule has 0 saturated heterocycles.